The second-order valence-corrected chi connectivity index (χ2v) is 3.23. The highest BCUT2D eigenvalue weighted by Crippen LogP contribution is 2.24. The molecule has 1 heterocycles. The van der Waals surface area contributed by atoms with Gasteiger partial charge < -0.3 is 15.9 Å². The Morgan fingerprint density at radius 1 is 1.25 bits per heavy atom. The lowest BCUT2D eigenvalue weighted by atomic mass is 10.2. The minimum Gasteiger partial charge on any atom is -0.399 e. The molecule has 1 aliphatic heterocycles. The highest BCUT2D eigenvalue weighted by atomic mass is 19.4. The van der Waals surface area contributed by atoms with Crippen molar-refractivity contribution in [2.45, 2.75) is 12.4 Å². The van der Waals surface area contributed by atoms with Crippen LogP contribution in [0.4, 0.5) is 18.9 Å². The maximum atomic E-state index is 12.2. The number of nitrogens with two attached hydrogens (primary N) is 1. The fourth-order valence-corrected chi connectivity index (χ4v) is 1.20. The summed E-state index contributed by atoms with van der Waals surface area (Å²) < 4.78 is 36.7. The van der Waals surface area contributed by atoms with Gasteiger partial charge >= 0.3 is 6.18 Å². The van der Waals surface area contributed by atoms with E-state index < -0.39 is 12.4 Å². The monoisotopic (exact) mass is 231 g/mol. The lowest BCUT2D eigenvalue weighted by Gasteiger charge is -2.13. The Kier molecular flexibility index (Phi) is 2.37. The summed E-state index contributed by atoms with van der Waals surface area (Å²) >= 11 is 0. The van der Waals surface area contributed by atoms with Crippen molar-refractivity contribution in [1.82, 2.24) is 5.32 Å². The minimum atomic E-state index is -4.49. The average molecular weight is 231 g/mol. The van der Waals surface area contributed by atoms with Crippen LogP contribution in [0.1, 0.15) is 5.56 Å². The lowest BCUT2D eigenvalue weighted by Crippen LogP contribution is -2.41. The number of alkyl halides is 3. The average Bonchev–Trinajstić information content (AvgIpc) is 2.67. The van der Waals surface area contributed by atoms with Gasteiger partial charge in [-0.15, -0.1) is 0 Å². The van der Waals surface area contributed by atoms with Gasteiger partial charge in [-0.05, 0) is 24.3 Å². The number of nitrogen functional groups attached to an aromatic ring is 1. The number of halogens is 3. The van der Waals surface area contributed by atoms with Crippen molar-refractivity contribution in [2.75, 3.05) is 5.73 Å². The molecule has 1 aliphatic rings. The normalized spacial score (nSPS) is 19.9. The molecule has 2 rings (SSSR count). The van der Waals surface area contributed by atoms with Crippen LogP contribution in [0.15, 0.2) is 29.4 Å². The fraction of sp³-hybridized carbons (Fsp3) is 0.222. The zero-order chi connectivity index (χ0) is 11.8. The standard InChI is InChI=1S/C9H8F3N3O/c10-9(11,12)8-14-7(15-16-8)5-1-3-6(13)4-2-5/h1-4,8H,13H2,(H,14,15). The number of anilines is 1. The molecule has 0 bridgehead atoms. The molecule has 0 saturated carbocycles. The van der Waals surface area contributed by atoms with Gasteiger partial charge in [0.15, 0.2) is 5.84 Å². The van der Waals surface area contributed by atoms with E-state index in [2.05, 4.69) is 15.3 Å². The number of nitrogens with one attached hydrogen (secondary N) is 1. The van der Waals surface area contributed by atoms with Gasteiger partial charge in [0.2, 0.25) is 0 Å². The van der Waals surface area contributed by atoms with E-state index in [1.54, 1.807) is 24.3 Å². The molecule has 0 saturated heterocycles. The Labute approximate surface area is 88.9 Å². The van der Waals surface area contributed by atoms with Crippen molar-refractivity contribution in [3.05, 3.63) is 29.8 Å². The number of rotatable bonds is 1. The molecule has 4 nitrogen and oxygen atoms in total. The fourth-order valence-electron chi connectivity index (χ4n) is 1.20. The largest absolute Gasteiger partial charge is 0.448 e. The molecule has 0 radical (unpaired) electrons. The van der Waals surface area contributed by atoms with Gasteiger partial charge in [0.1, 0.15) is 0 Å². The second-order valence-electron chi connectivity index (χ2n) is 3.23. The van der Waals surface area contributed by atoms with Crippen molar-refractivity contribution in [3.63, 3.8) is 0 Å². The summed E-state index contributed by atoms with van der Waals surface area (Å²) in [6.07, 6.45) is -6.57. The van der Waals surface area contributed by atoms with Gasteiger partial charge in [-0.25, -0.2) is 0 Å². The van der Waals surface area contributed by atoms with E-state index in [0.717, 1.165) is 0 Å². The Morgan fingerprint density at radius 2 is 1.88 bits per heavy atom. The third-order valence-electron chi connectivity index (χ3n) is 2.00. The van der Waals surface area contributed by atoms with E-state index in [-0.39, 0.29) is 5.84 Å². The van der Waals surface area contributed by atoms with Crippen LogP contribution in [0.5, 0.6) is 0 Å². The first-order valence-electron chi connectivity index (χ1n) is 4.40. The highest BCUT2D eigenvalue weighted by molar-refractivity contribution is 5.99. The first-order valence-corrected chi connectivity index (χ1v) is 4.40. The molecular weight excluding hydrogens is 223 g/mol. The maximum absolute atomic E-state index is 12.2. The third-order valence-corrected chi connectivity index (χ3v) is 2.00. The molecule has 3 N–H and O–H groups in total. The van der Waals surface area contributed by atoms with Gasteiger partial charge in [0.25, 0.3) is 6.23 Å². The summed E-state index contributed by atoms with van der Waals surface area (Å²) in [6, 6.07) is 6.26. The maximum Gasteiger partial charge on any atom is 0.448 e. The number of hydrogen-bond acceptors (Lipinski definition) is 4. The SMILES string of the molecule is Nc1ccc(C2=NOC(C(F)(F)F)N2)cc1. The molecule has 0 aromatic heterocycles. The summed E-state index contributed by atoms with van der Waals surface area (Å²) in [5.41, 5.74) is 6.46. The molecule has 7 heteroatoms. The molecule has 0 aliphatic carbocycles. The van der Waals surface area contributed by atoms with Crippen LogP contribution in [-0.2, 0) is 4.84 Å². The predicted molar refractivity (Wildman–Crippen MR) is 51.5 cm³/mol. The highest BCUT2D eigenvalue weighted by Gasteiger charge is 2.45. The molecule has 1 aromatic carbocycles. The molecular formula is C9H8F3N3O. The minimum absolute atomic E-state index is 0.0438. The Hall–Kier alpha value is -1.92. The van der Waals surface area contributed by atoms with Crippen molar-refractivity contribution < 1.29 is 18.0 Å². The number of amidine groups is 1. The molecule has 16 heavy (non-hydrogen) atoms. The van der Waals surface area contributed by atoms with Crippen LogP contribution in [0.25, 0.3) is 0 Å². The summed E-state index contributed by atoms with van der Waals surface area (Å²) in [7, 11) is 0. The second kappa shape index (κ2) is 3.58. The number of nitrogens with zero attached hydrogens (tertiary/aromatic N) is 1. The Morgan fingerprint density at radius 3 is 2.38 bits per heavy atom. The van der Waals surface area contributed by atoms with Gasteiger partial charge in [-0.3, -0.25) is 0 Å². The van der Waals surface area contributed by atoms with E-state index in [1.165, 1.54) is 0 Å². The molecule has 0 spiro atoms. The number of benzene rings is 1. The summed E-state index contributed by atoms with van der Waals surface area (Å²) in [6.45, 7) is 0. The van der Waals surface area contributed by atoms with Crippen LogP contribution in [0.2, 0.25) is 0 Å². The van der Waals surface area contributed by atoms with E-state index in [4.69, 9.17) is 5.73 Å². The molecule has 1 aromatic rings. The summed E-state index contributed by atoms with van der Waals surface area (Å²) in [4.78, 5) is 4.24. The van der Waals surface area contributed by atoms with E-state index in [0.29, 0.717) is 11.3 Å². The number of hydrogen-bond donors (Lipinski definition) is 2. The van der Waals surface area contributed by atoms with Gasteiger partial charge in [-0.2, -0.15) is 13.2 Å². The quantitative estimate of drug-likeness (QED) is 0.719. The van der Waals surface area contributed by atoms with Crippen LogP contribution in [0, 0.1) is 0 Å². The molecule has 0 fully saturated rings. The van der Waals surface area contributed by atoms with Crippen LogP contribution in [-0.4, -0.2) is 18.2 Å². The zero-order valence-electron chi connectivity index (χ0n) is 7.95. The van der Waals surface area contributed by atoms with E-state index >= 15 is 0 Å². The van der Waals surface area contributed by atoms with Crippen molar-refractivity contribution in [2.24, 2.45) is 5.16 Å². The zero-order valence-corrected chi connectivity index (χ0v) is 7.95. The molecule has 86 valence electrons. The van der Waals surface area contributed by atoms with Crippen molar-refractivity contribution in [1.29, 1.82) is 0 Å². The topological polar surface area (TPSA) is 59.6 Å². The first kappa shape index (κ1) is 10.6. The van der Waals surface area contributed by atoms with Crippen molar-refractivity contribution >= 4 is 11.5 Å². The van der Waals surface area contributed by atoms with Gasteiger partial charge in [0.05, 0.1) is 0 Å². The first-order chi connectivity index (χ1) is 7.47. The molecule has 0 amide bonds. The predicted octanol–water partition coefficient (Wildman–Crippen LogP) is 1.44. The van der Waals surface area contributed by atoms with Crippen LogP contribution >= 0.6 is 0 Å². The third kappa shape index (κ3) is 2.02. The Bertz CT molecular complexity index is 413. The Balaban J connectivity index is 2.12. The van der Waals surface area contributed by atoms with E-state index in [1.807, 2.05) is 0 Å². The number of oxime groups is 1. The van der Waals surface area contributed by atoms with Crippen LogP contribution < -0.4 is 11.1 Å². The van der Waals surface area contributed by atoms with E-state index in [9.17, 15) is 13.2 Å². The van der Waals surface area contributed by atoms with Gasteiger partial charge in [0, 0.05) is 11.3 Å². The molecule has 1 atom stereocenters. The lowest BCUT2D eigenvalue weighted by molar-refractivity contribution is -0.218. The van der Waals surface area contributed by atoms with Gasteiger partial charge in [-0.1, -0.05) is 5.16 Å². The molecule has 1 unspecified atom stereocenters. The summed E-state index contributed by atoms with van der Waals surface area (Å²) in [5.74, 6) is 0.0438. The van der Waals surface area contributed by atoms with Crippen molar-refractivity contribution in [3.8, 4) is 0 Å². The smallest absolute Gasteiger partial charge is 0.399 e. The summed E-state index contributed by atoms with van der Waals surface area (Å²) in [5, 5.41) is 5.46. The van der Waals surface area contributed by atoms with Crippen LogP contribution in [0.3, 0.4) is 0 Å².